The molecule has 3 saturated carbocycles. The van der Waals surface area contributed by atoms with Gasteiger partial charge in [0.15, 0.2) is 8.32 Å². The fourth-order valence-electron chi connectivity index (χ4n) is 8.26. The Morgan fingerprint density at radius 2 is 1.76 bits per heavy atom. The second kappa shape index (κ2) is 9.64. The van der Waals surface area contributed by atoms with Gasteiger partial charge in [0, 0.05) is 12.7 Å². The lowest BCUT2D eigenvalue weighted by Gasteiger charge is -2.58. The Morgan fingerprint density at radius 1 is 1.03 bits per heavy atom. The summed E-state index contributed by atoms with van der Waals surface area (Å²) >= 11 is 0. The minimum Gasteiger partial charge on any atom is -0.414 e. The van der Waals surface area contributed by atoms with Gasteiger partial charge in [0.2, 0.25) is 0 Å². The number of hydrogen-bond acceptors (Lipinski definition) is 2. The first-order chi connectivity index (χ1) is 15.8. The van der Waals surface area contributed by atoms with E-state index in [1.54, 1.807) is 5.57 Å². The van der Waals surface area contributed by atoms with Gasteiger partial charge >= 0.3 is 0 Å². The predicted octanol–water partition coefficient (Wildman–Crippen LogP) is 9.16. The van der Waals surface area contributed by atoms with Crippen LogP contribution in [0.2, 0.25) is 18.1 Å². The van der Waals surface area contributed by atoms with Crippen LogP contribution in [0.25, 0.3) is 0 Å². The van der Waals surface area contributed by atoms with E-state index in [9.17, 15) is 0 Å². The van der Waals surface area contributed by atoms with E-state index in [1.807, 2.05) is 0 Å². The fraction of sp³-hybridized carbons (Fsp3) is 0.935. The summed E-state index contributed by atoms with van der Waals surface area (Å²) in [5, 5.41) is 0.295. The van der Waals surface area contributed by atoms with E-state index < -0.39 is 8.32 Å². The lowest BCUT2D eigenvalue weighted by Crippen LogP contribution is -2.52. The van der Waals surface area contributed by atoms with Crippen molar-refractivity contribution in [3.8, 4) is 0 Å². The average molecular weight is 489 g/mol. The van der Waals surface area contributed by atoms with Crippen LogP contribution in [0.3, 0.4) is 0 Å². The monoisotopic (exact) mass is 488 g/mol. The van der Waals surface area contributed by atoms with Gasteiger partial charge in [-0.1, -0.05) is 60.1 Å². The van der Waals surface area contributed by atoms with Gasteiger partial charge in [0.1, 0.15) is 0 Å². The molecule has 3 heteroatoms. The molecule has 34 heavy (non-hydrogen) atoms. The normalized spacial score (nSPS) is 40.5. The summed E-state index contributed by atoms with van der Waals surface area (Å²) in [5.41, 5.74) is 2.57. The lowest BCUT2D eigenvalue weighted by atomic mass is 9.48. The maximum atomic E-state index is 6.92. The van der Waals surface area contributed by atoms with Gasteiger partial charge in [-0.15, -0.1) is 0 Å². The molecule has 0 spiro atoms. The van der Waals surface area contributed by atoms with Gasteiger partial charge in [-0.2, -0.15) is 0 Å². The van der Waals surface area contributed by atoms with Gasteiger partial charge in [0.05, 0.1) is 6.10 Å². The second-order valence-corrected chi connectivity index (χ2v) is 19.8. The summed E-state index contributed by atoms with van der Waals surface area (Å²) in [7, 11) is -1.70. The number of rotatable bonds is 7. The Morgan fingerprint density at radius 3 is 2.44 bits per heavy atom. The van der Waals surface area contributed by atoms with Gasteiger partial charge in [-0.3, -0.25) is 0 Å². The maximum Gasteiger partial charge on any atom is 0.192 e. The third-order valence-electron chi connectivity index (χ3n) is 11.5. The minimum atomic E-state index is -1.70. The molecule has 196 valence electrons. The molecule has 0 N–H and O–H groups in total. The molecular formula is C31H56O2Si. The van der Waals surface area contributed by atoms with Crippen molar-refractivity contribution in [1.29, 1.82) is 0 Å². The summed E-state index contributed by atoms with van der Waals surface area (Å²) in [6.45, 7) is 22.8. The molecule has 0 aromatic rings. The van der Waals surface area contributed by atoms with E-state index in [0.29, 0.717) is 28.1 Å². The molecule has 0 unspecified atom stereocenters. The van der Waals surface area contributed by atoms with E-state index in [-0.39, 0.29) is 0 Å². The predicted molar refractivity (Wildman–Crippen MR) is 148 cm³/mol. The largest absolute Gasteiger partial charge is 0.414 e. The molecule has 0 amide bonds. The quantitative estimate of drug-likeness (QED) is 0.202. The smallest absolute Gasteiger partial charge is 0.192 e. The molecule has 0 aromatic carbocycles. The molecule has 0 bridgehead atoms. The first-order valence-corrected chi connectivity index (χ1v) is 17.7. The molecule has 4 rings (SSSR count). The lowest BCUT2D eigenvalue weighted by molar-refractivity contribution is -0.0934. The van der Waals surface area contributed by atoms with Crippen molar-refractivity contribution in [2.45, 2.75) is 143 Å². The van der Waals surface area contributed by atoms with E-state index in [2.05, 4.69) is 67.6 Å². The summed E-state index contributed by atoms with van der Waals surface area (Å²) in [6.07, 6.45) is 16.7. The molecule has 4 aliphatic carbocycles. The highest BCUT2D eigenvalue weighted by molar-refractivity contribution is 6.74. The van der Waals surface area contributed by atoms with Crippen LogP contribution in [-0.4, -0.2) is 27.1 Å². The molecule has 0 heterocycles. The van der Waals surface area contributed by atoms with Crippen LogP contribution in [0, 0.1) is 34.5 Å². The van der Waals surface area contributed by atoms with Crippen molar-refractivity contribution < 1.29 is 9.16 Å². The van der Waals surface area contributed by atoms with Crippen LogP contribution >= 0.6 is 0 Å². The average Bonchev–Trinajstić information content (AvgIpc) is 3.06. The fourth-order valence-corrected chi connectivity index (χ4v) is 9.65. The van der Waals surface area contributed by atoms with Crippen LogP contribution in [0.4, 0.5) is 0 Å². The summed E-state index contributed by atoms with van der Waals surface area (Å²) in [5.74, 6) is 3.39. The molecule has 0 aliphatic heterocycles. The summed E-state index contributed by atoms with van der Waals surface area (Å²) < 4.78 is 13.5. The van der Waals surface area contributed by atoms with Crippen molar-refractivity contribution in [3.63, 3.8) is 0 Å². The number of fused-ring (bicyclic) bond motifs is 5. The summed E-state index contributed by atoms with van der Waals surface area (Å²) in [4.78, 5) is 0. The van der Waals surface area contributed by atoms with Crippen molar-refractivity contribution in [3.05, 3.63) is 11.6 Å². The number of ether oxygens (including phenoxy) is 1. The molecule has 2 nitrogen and oxygen atoms in total. The van der Waals surface area contributed by atoms with Crippen LogP contribution < -0.4 is 0 Å². The first-order valence-electron chi connectivity index (χ1n) is 14.8. The van der Waals surface area contributed by atoms with Crippen LogP contribution in [-0.2, 0) is 9.16 Å². The zero-order valence-corrected chi connectivity index (χ0v) is 25.1. The zero-order chi connectivity index (χ0) is 24.9. The SMILES string of the molecule is CC(C)CCCO[C@H]1CC[C@H]2[C@@H]3CC=C4C[C@@H](O[Si](C)(C)C(C)(C)C)CC[C@]4(C)[C@H]3CC[C@]12C. The topological polar surface area (TPSA) is 18.5 Å². The Balaban J connectivity index is 1.43. The van der Waals surface area contributed by atoms with Crippen molar-refractivity contribution >= 4 is 8.32 Å². The van der Waals surface area contributed by atoms with Gasteiger partial charge < -0.3 is 9.16 Å². The first kappa shape index (κ1) is 26.9. The molecule has 7 atom stereocenters. The Labute approximate surface area is 213 Å². The second-order valence-electron chi connectivity index (χ2n) is 15.0. The minimum absolute atomic E-state index is 0.295. The highest BCUT2D eigenvalue weighted by Gasteiger charge is 2.59. The highest BCUT2D eigenvalue weighted by Crippen LogP contribution is 2.65. The molecule has 4 aliphatic rings. The Kier molecular flexibility index (Phi) is 7.63. The van der Waals surface area contributed by atoms with E-state index >= 15 is 0 Å². The molecule has 0 radical (unpaired) electrons. The van der Waals surface area contributed by atoms with Crippen molar-refractivity contribution in [2.24, 2.45) is 34.5 Å². The third-order valence-corrected chi connectivity index (χ3v) is 16.0. The van der Waals surface area contributed by atoms with Gasteiger partial charge in [-0.25, -0.2) is 0 Å². The van der Waals surface area contributed by atoms with E-state index in [4.69, 9.17) is 9.16 Å². The highest BCUT2D eigenvalue weighted by atomic mass is 28.4. The molecule has 0 saturated heterocycles. The molecular weight excluding hydrogens is 432 g/mol. The Bertz CT molecular complexity index is 749. The van der Waals surface area contributed by atoms with Gasteiger partial charge in [-0.05, 0) is 117 Å². The molecule has 0 aromatic heterocycles. The van der Waals surface area contributed by atoms with Crippen molar-refractivity contribution in [1.82, 2.24) is 0 Å². The zero-order valence-electron chi connectivity index (χ0n) is 24.1. The summed E-state index contributed by atoms with van der Waals surface area (Å²) in [6, 6.07) is 0. The number of hydrogen-bond donors (Lipinski definition) is 0. The van der Waals surface area contributed by atoms with Crippen LogP contribution in [0.1, 0.15) is 113 Å². The van der Waals surface area contributed by atoms with Crippen LogP contribution in [0.15, 0.2) is 11.6 Å². The van der Waals surface area contributed by atoms with E-state index in [0.717, 1.165) is 30.3 Å². The van der Waals surface area contributed by atoms with E-state index in [1.165, 1.54) is 64.2 Å². The molecule has 3 fully saturated rings. The maximum absolute atomic E-state index is 6.92. The van der Waals surface area contributed by atoms with Gasteiger partial charge in [0.25, 0.3) is 0 Å². The number of allylic oxidation sites excluding steroid dienone is 1. The Hall–Kier alpha value is -0.123. The standard InChI is InChI=1S/C31H56O2Si/c1-22(2)11-10-20-32-28-15-14-26-25-13-12-23-21-24(33-34(8,9)29(3,4)5)16-18-30(23,6)27(25)17-19-31(26,28)7/h12,22,24-28H,10-11,13-21H2,1-9H3/t24-,25-,26-,27-,28-,30-,31-/m0/s1. The van der Waals surface area contributed by atoms with Crippen LogP contribution in [0.5, 0.6) is 0 Å². The van der Waals surface area contributed by atoms with Crippen molar-refractivity contribution in [2.75, 3.05) is 6.61 Å². The third kappa shape index (κ3) is 4.88.